The van der Waals surface area contributed by atoms with E-state index in [2.05, 4.69) is 23.2 Å². The van der Waals surface area contributed by atoms with Crippen LogP contribution in [0.15, 0.2) is 6.07 Å². The molecule has 2 heterocycles. The van der Waals surface area contributed by atoms with Crippen LogP contribution < -0.4 is 5.73 Å². The van der Waals surface area contributed by atoms with Crippen molar-refractivity contribution in [3.8, 4) is 0 Å². The first kappa shape index (κ1) is 12.8. The Bertz CT molecular complexity index is 564. The summed E-state index contributed by atoms with van der Waals surface area (Å²) in [5.41, 5.74) is 11.8. The molecule has 0 aliphatic rings. The Morgan fingerprint density at radius 1 is 1.17 bits per heavy atom. The predicted molar refractivity (Wildman–Crippen MR) is 71.3 cm³/mol. The quantitative estimate of drug-likeness (QED) is 0.890. The lowest BCUT2D eigenvalue weighted by Crippen LogP contribution is -2.17. The van der Waals surface area contributed by atoms with Crippen LogP contribution in [0.3, 0.4) is 0 Å². The normalized spacial score (nSPS) is 13.0. The highest BCUT2D eigenvalue weighted by atomic mass is 15.3. The monoisotopic (exact) mass is 247 g/mol. The standard InChI is InChI=1S/C13H21N5/c1-8-6-11(18(5)15-8)7-12(14)13-9(2)16-17(4)10(13)3/h6,12H,7,14H2,1-5H3. The van der Waals surface area contributed by atoms with Gasteiger partial charge in [-0.25, -0.2) is 0 Å². The number of nitrogens with zero attached hydrogens (tertiary/aromatic N) is 4. The minimum absolute atomic E-state index is 0.0338. The summed E-state index contributed by atoms with van der Waals surface area (Å²) in [4.78, 5) is 0. The summed E-state index contributed by atoms with van der Waals surface area (Å²) in [5.74, 6) is 0. The van der Waals surface area contributed by atoms with Crippen LogP contribution in [-0.2, 0) is 20.5 Å². The molecule has 1 unspecified atom stereocenters. The minimum Gasteiger partial charge on any atom is -0.324 e. The van der Waals surface area contributed by atoms with Crippen molar-refractivity contribution in [2.45, 2.75) is 33.2 Å². The van der Waals surface area contributed by atoms with E-state index in [0.29, 0.717) is 0 Å². The molecule has 0 bridgehead atoms. The molecule has 2 aromatic heterocycles. The maximum atomic E-state index is 6.33. The summed E-state index contributed by atoms with van der Waals surface area (Å²) >= 11 is 0. The van der Waals surface area contributed by atoms with Crippen LogP contribution in [0.2, 0.25) is 0 Å². The Balaban J connectivity index is 2.27. The van der Waals surface area contributed by atoms with Crippen LogP contribution in [-0.4, -0.2) is 19.6 Å². The molecule has 0 spiro atoms. The molecule has 0 amide bonds. The van der Waals surface area contributed by atoms with E-state index in [1.807, 2.05) is 37.3 Å². The van der Waals surface area contributed by atoms with Crippen molar-refractivity contribution < 1.29 is 0 Å². The highest BCUT2D eigenvalue weighted by molar-refractivity contribution is 5.29. The number of nitrogens with two attached hydrogens (primary N) is 1. The van der Waals surface area contributed by atoms with Gasteiger partial charge in [-0.1, -0.05) is 0 Å². The van der Waals surface area contributed by atoms with E-state index >= 15 is 0 Å². The van der Waals surface area contributed by atoms with E-state index in [1.165, 1.54) is 0 Å². The average molecular weight is 247 g/mol. The lowest BCUT2D eigenvalue weighted by molar-refractivity contribution is 0.634. The Morgan fingerprint density at radius 2 is 1.83 bits per heavy atom. The molecular weight excluding hydrogens is 226 g/mol. The fraction of sp³-hybridized carbons (Fsp3) is 0.538. The van der Waals surface area contributed by atoms with Crippen molar-refractivity contribution in [2.24, 2.45) is 19.8 Å². The molecule has 0 aliphatic heterocycles. The highest BCUT2D eigenvalue weighted by Crippen LogP contribution is 2.22. The fourth-order valence-electron chi connectivity index (χ4n) is 2.51. The SMILES string of the molecule is Cc1cc(CC(N)c2c(C)nn(C)c2C)n(C)n1. The molecular formula is C13H21N5. The number of hydrogen-bond donors (Lipinski definition) is 1. The molecule has 0 saturated heterocycles. The van der Waals surface area contributed by atoms with E-state index in [-0.39, 0.29) is 6.04 Å². The van der Waals surface area contributed by atoms with Crippen molar-refractivity contribution in [3.63, 3.8) is 0 Å². The van der Waals surface area contributed by atoms with E-state index in [4.69, 9.17) is 5.73 Å². The van der Waals surface area contributed by atoms with Gasteiger partial charge in [0.25, 0.3) is 0 Å². The lowest BCUT2D eigenvalue weighted by Gasteiger charge is -2.12. The Kier molecular flexibility index (Phi) is 3.26. The molecule has 0 aliphatic carbocycles. The van der Waals surface area contributed by atoms with Gasteiger partial charge in [0.15, 0.2) is 0 Å². The molecule has 0 saturated carbocycles. The first-order valence-electron chi connectivity index (χ1n) is 6.15. The third-order valence-electron chi connectivity index (χ3n) is 3.46. The second kappa shape index (κ2) is 4.57. The molecule has 0 radical (unpaired) electrons. The van der Waals surface area contributed by atoms with Crippen molar-refractivity contribution >= 4 is 0 Å². The number of rotatable bonds is 3. The van der Waals surface area contributed by atoms with E-state index in [9.17, 15) is 0 Å². The minimum atomic E-state index is -0.0338. The topological polar surface area (TPSA) is 61.7 Å². The smallest absolute Gasteiger partial charge is 0.0644 e. The van der Waals surface area contributed by atoms with Gasteiger partial charge in [-0.15, -0.1) is 0 Å². The molecule has 98 valence electrons. The van der Waals surface area contributed by atoms with Gasteiger partial charge >= 0.3 is 0 Å². The summed E-state index contributed by atoms with van der Waals surface area (Å²) in [5, 5.41) is 8.76. The van der Waals surface area contributed by atoms with E-state index in [0.717, 1.165) is 34.8 Å². The van der Waals surface area contributed by atoms with Gasteiger partial charge in [-0.05, 0) is 26.8 Å². The Labute approximate surface area is 108 Å². The summed E-state index contributed by atoms with van der Waals surface area (Å²) < 4.78 is 3.79. The van der Waals surface area contributed by atoms with Gasteiger partial charge in [0.05, 0.1) is 11.4 Å². The Hall–Kier alpha value is -1.62. The van der Waals surface area contributed by atoms with Crippen LogP contribution in [0.1, 0.15) is 34.4 Å². The third-order valence-corrected chi connectivity index (χ3v) is 3.46. The van der Waals surface area contributed by atoms with E-state index < -0.39 is 0 Å². The summed E-state index contributed by atoms with van der Waals surface area (Å²) in [7, 11) is 3.91. The fourth-order valence-corrected chi connectivity index (χ4v) is 2.51. The first-order valence-corrected chi connectivity index (χ1v) is 6.15. The zero-order valence-corrected chi connectivity index (χ0v) is 11.7. The van der Waals surface area contributed by atoms with Gasteiger partial charge in [-0.3, -0.25) is 9.36 Å². The molecule has 2 aromatic rings. The molecule has 2 N–H and O–H groups in total. The molecule has 1 atom stereocenters. The van der Waals surface area contributed by atoms with Crippen molar-refractivity contribution in [3.05, 3.63) is 34.4 Å². The number of aryl methyl sites for hydroxylation is 4. The van der Waals surface area contributed by atoms with Crippen LogP contribution in [0.25, 0.3) is 0 Å². The van der Waals surface area contributed by atoms with Crippen molar-refractivity contribution in [1.29, 1.82) is 0 Å². The predicted octanol–water partition coefficient (Wildman–Crippen LogP) is 1.32. The first-order chi connectivity index (χ1) is 8.40. The van der Waals surface area contributed by atoms with Gasteiger partial charge < -0.3 is 5.73 Å². The third kappa shape index (κ3) is 2.18. The lowest BCUT2D eigenvalue weighted by atomic mass is 10.0. The number of hydrogen-bond acceptors (Lipinski definition) is 3. The summed E-state index contributed by atoms with van der Waals surface area (Å²) in [6.07, 6.45) is 0.782. The maximum absolute atomic E-state index is 6.33. The number of aromatic nitrogens is 4. The average Bonchev–Trinajstić information content (AvgIpc) is 2.69. The summed E-state index contributed by atoms with van der Waals surface area (Å²) in [6, 6.07) is 2.05. The summed E-state index contributed by atoms with van der Waals surface area (Å²) in [6.45, 7) is 6.07. The zero-order valence-electron chi connectivity index (χ0n) is 11.7. The molecule has 0 aromatic carbocycles. The zero-order chi connectivity index (χ0) is 13.4. The molecule has 18 heavy (non-hydrogen) atoms. The highest BCUT2D eigenvalue weighted by Gasteiger charge is 2.18. The van der Waals surface area contributed by atoms with E-state index in [1.54, 1.807) is 0 Å². The van der Waals surface area contributed by atoms with Gasteiger partial charge in [0, 0.05) is 43.5 Å². The van der Waals surface area contributed by atoms with Crippen molar-refractivity contribution in [2.75, 3.05) is 0 Å². The van der Waals surface area contributed by atoms with Crippen LogP contribution >= 0.6 is 0 Å². The Morgan fingerprint density at radius 3 is 2.28 bits per heavy atom. The van der Waals surface area contributed by atoms with Crippen LogP contribution in [0.4, 0.5) is 0 Å². The molecule has 0 fully saturated rings. The maximum Gasteiger partial charge on any atom is 0.0644 e. The van der Waals surface area contributed by atoms with Gasteiger partial charge in [0.1, 0.15) is 0 Å². The second-order valence-electron chi connectivity index (χ2n) is 4.92. The van der Waals surface area contributed by atoms with Crippen molar-refractivity contribution in [1.82, 2.24) is 19.6 Å². The van der Waals surface area contributed by atoms with Gasteiger partial charge in [0.2, 0.25) is 0 Å². The molecule has 5 nitrogen and oxygen atoms in total. The molecule has 5 heteroatoms. The molecule has 2 rings (SSSR count). The second-order valence-corrected chi connectivity index (χ2v) is 4.92. The van der Waals surface area contributed by atoms with Crippen LogP contribution in [0.5, 0.6) is 0 Å². The van der Waals surface area contributed by atoms with Gasteiger partial charge in [-0.2, -0.15) is 10.2 Å². The van der Waals surface area contributed by atoms with Crippen LogP contribution in [0, 0.1) is 20.8 Å². The largest absolute Gasteiger partial charge is 0.324 e.